The van der Waals surface area contributed by atoms with Crippen LogP contribution >= 0.6 is 23.2 Å². The van der Waals surface area contributed by atoms with Crippen LogP contribution in [0.4, 0.5) is 5.69 Å². The number of benzene rings is 2. The molecule has 2 heterocycles. The number of hydrogen-bond donors (Lipinski definition) is 2. The van der Waals surface area contributed by atoms with E-state index in [1.54, 1.807) is 18.2 Å². The first-order valence-corrected chi connectivity index (χ1v) is 9.70. The molecule has 4 rings (SSSR count). The summed E-state index contributed by atoms with van der Waals surface area (Å²) in [6, 6.07) is 19.5. The lowest BCUT2D eigenvalue weighted by Gasteiger charge is -2.19. The first kappa shape index (κ1) is 19.4. The predicted octanol–water partition coefficient (Wildman–Crippen LogP) is 4.51. The standard InChI is InChI=1S/C21H17Cl2N5O/c22-15-10-16(23)12-17(11-15)25-21(29)20(14-6-2-1-3-7-14)24-13-19-27-26-18-8-4-5-9-28(18)19/h1-12,20,24H,13H2,(H,25,29)/t20-/m0/s1. The van der Waals surface area contributed by atoms with Crippen molar-refractivity contribution in [1.29, 1.82) is 0 Å². The van der Waals surface area contributed by atoms with Crippen LogP contribution < -0.4 is 10.6 Å². The van der Waals surface area contributed by atoms with Crippen molar-refractivity contribution in [2.75, 3.05) is 5.32 Å². The normalized spacial score (nSPS) is 12.1. The Balaban J connectivity index is 1.57. The fourth-order valence-corrected chi connectivity index (χ4v) is 3.58. The molecule has 0 saturated carbocycles. The number of amides is 1. The number of nitrogens with one attached hydrogen (secondary N) is 2. The minimum absolute atomic E-state index is 0.233. The van der Waals surface area contributed by atoms with Gasteiger partial charge in [0.2, 0.25) is 5.91 Å². The minimum atomic E-state index is -0.606. The van der Waals surface area contributed by atoms with E-state index >= 15 is 0 Å². The highest BCUT2D eigenvalue weighted by atomic mass is 35.5. The van der Waals surface area contributed by atoms with Gasteiger partial charge in [-0.1, -0.05) is 59.6 Å². The average Bonchev–Trinajstić information content (AvgIpc) is 3.11. The molecule has 8 heteroatoms. The van der Waals surface area contributed by atoms with Gasteiger partial charge in [-0.15, -0.1) is 10.2 Å². The summed E-state index contributed by atoms with van der Waals surface area (Å²) in [5, 5.41) is 15.4. The third-order valence-corrected chi connectivity index (χ3v) is 4.81. The fraction of sp³-hybridized carbons (Fsp3) is 0.0952. The highest BCUT2D eigenvalue weighted by Crippen LogP contribution is 2.24. The van der Waals surface area contributed by atoms with E-state index in [9.17, 15) is 4.79 Å². The van der Waals surface area contributed by atoms with Gasteiger partial charge < -0.3 is 5.32 Å². The molecule has 6 nitrogen and oxygen atoms in total. The van der Waals surface area contributed by atoms with Gasteiger partial charge in [-0.2, -0.15) is 0 Å². The number of carbonyl (C=O) groups is 1. The number of anilines is 1. The van der Waals surface area contributed by atoms with Crippen molar-refractivity contribution in [3.63, 3.8) is 0 Å². The number of halogens is 2. The van der Waals surface area contributed by atoms with Gasteiger partial charge in [-0.3, -0.25) is 14.5 Å². The zero-order valence-corrected chi connectivity index (χ0v) is 16.7. The molecular formula is C21H17Cl2N5O. The van der Waals surface area contributed by atoms with Crippen LogP contribution in [0.5, 0.6) is 0 Å². The largest absolute Gasteiger partial charge is 0.324 e. The second-order valence-electron chi connectivity index (χ2n) is 6.42. The lowest BCUT2D eigenvalue weighted by Crippen LogP contribution is -2.33. The Bertz CT molecular complexity index is 1130. The number of aromatic nitrogens is 3. The summed E-state index contributed by atoms with van der Waals surface area (Å²) in [6.07, 6.45) is 1.89. The van der Waals surface area contributed by atoms with Gasteiger partial charge in [0.05, 0.1) is 6.54 Å². The van der Waals surface area contributed by atoms with Crippen molar-refractivity contribution in [1.82, 2.24) is 19.9 Å². The number of nitrogens with zero attached hydrogens (tertiary/aromatic N) is 3. The lowest BCUT2D eigenvalue weighted by molar-refractivity contribution is -0.118. The maximum atomic E-state index is 13.1. The van der Waals surface area contributed by atoms with Crippen LogP contribution in [0, 0.1) is 0 Å². The number of carbonyl (C=O) groups excluding carboxylic acids is 1. The van der Waals surface area contributed by atoms with E-state index in [1.807, 2.05) is 59.1 Å². The van der Waals surface area contributed by atoms with Crippen LogP contribution in [-0.2, 0) is 11.3 Å². The first-order chi connectivity index (χ1) is 14.1. The maximum Gasteiger partial charge on any atom is 0.246 e. The van der Waals surface area contributed by atoms with Crippen LogP contribution in [0.25, 0.3) is 5.65 Å². The molecule has 0 fully saturated rings. The number of hydrogen-bond acceptors (Lipinski definition) is 4. The van der Waals surface area contributed by atoms with Crippen molar-refractivity contribution in [2.24, 2.45) is 0 Å². The van der Waals surface area contributed by atoms with E-state index in [0.29, 0.717) is 28.1 Å². The van der Waals surface area contributed by atoms with Crippen LogP contribution in [0.2, 0.25) is 10.0 Å². The van der Waals surface area contributed by atoms with Crippen LogP contribution in [0.3, 0.4) is 0 Å². The number of pyridine rings is 1. The summed E-state index contributed by atoms with van der Waals surface area (Å²) in [7, 11) is 0. The average molecular weight is 426 g/mol. The summed E-state index contributed by atoms with van der Waals surface area (Å²) in [4.78, 5) is 13.1. The van der Waals surface area contributed by atoms with Gasteiger partial charge in [-0.05, 0) is 35.9 Å². The fourth-order valence-electron chi connectivity index (χ4n) is 3.05. The summed E-state index contributed by atoms with van der Waals surface area (Å²) >= 11 is 12.1. The van der Waals surface area contributed by atoms with Gasteiger partial charge in [-0.25, -0.2) is 0 Å². The molecular weight excluding hydrogens is 409 g/mol. The van der Waals surface area contributed by atoms with E-state index in [-0.39, 0.29) is 5.91 Å². The molecule has 0 bridgehead atoms. The van der Waals surface area contributed by atoms with E-state index in [0.717, 1.165) is 11.2 Å². The first-order valence-electron chi connectivity index (χ1n) is 8.94. The van der Waals surface area contributed by atoms with Crippen LogP contribution in [0.15, 0.2) is 72.9 Å². The summed E-state index contributed by atoms with van der Waals surface area (Å²) in [6.45, 7) is 0.356. The molecule has 2 aromatic carbocycles. The zero-order valence-electron chi connectivity index (χ0n) is 15.2. The number of rotatable bonds is 6. The van der Waals surface area contributed by atoms with Crippen molar-refractivity contribution >= 4 is 40.4 Å². The van der Waals surface area contributed by atoms with Gasteiger partial charge >= 0.3 is 0 Å². The van der Waals surface area contributed by atoms with Gasteiger partial charge in [0.25, 0.3) is 0 Å². The molecule has 1 amide bonds. The molecule has 29 heavy (non-hydrogen) atoms. The molecule has 2 N–H and O–H groups in total. The monoisotopic (exact) mass is 425 g/mol. The van der Waals surface area contributed by atoms with E-state index in [4.69, 9.17) is 23.2 Å². The van der Waals surface area contributed by atoms with Gasteiger partial charge in [0, 0.05) is 21.9 Å². The zero-order chi connectivity index (χ0) is 20.2. The van der Waals surface area contributed by atoms with Crippen molar-refractivity contribution < 1.29 is 4.79 Å². The molecule has 0 aliphatic rings. The Labute approximate surface area is 177 Å². The smallest absolute Gasteiger partial charge is 0.246 e. The van der Waals surface area contributed by atoms with Crippen molar-refractivity contribution in [3.05, 3.63) is 94.4 Å². The molecule has 146 valence electrons. The van der Waals surface area contributed by atoms with E-state index < -0.39 is 6.04 Å². The molecule has 0 spiro atoms. The third-order valence-electron chi connectivity index (χ3n) is 4.37. The maximum absolute atomic E-state index is 13.1. The summed E-state index contributed by atoms with van der Waals surface area (Å²) in [5.41, 5.74) is 2.11. The predicted molar refractivity (Wildman–Crippen MR) is 114 cm³/mol. The quantitative estimate of drug-likeness (QED) is 0.476. The minimum Gasteiger partial charge on any atom is -0.324 e. The highest BCUT2D eigenvalue weighted by molar-refractivity contribution is 6.35. The molecule has 0 unspecified atom stereocenters. The van der Waals surface area contributed by atoms with Gasteiger partial charge in [0.15, 0.2) is 11.5 Å². The Morgan fingerprint density at radius 1 is 0.966 bits per heavy atom. The van der Waals surface area contributed by atoms with Crippen molar-refractivity contribution in [2.45, 2.75) is 12.6 Å². The lowest BCUT2D eigenvalue weighted by atomic mass is 10.1. The van der Waals surface area contributed by atoms with Crippen LogP contribution in [-0.4, -0.2) is 20.5 Å². The van der Waals surface area contributed by atoms with E-state index in [2.05, 4.69) is 20.8 Å². The van der Waals surface area contributed by atoms with Crippen LogP contribution in [0.1, 0.15) is 17.4 Å². The summed E-state index contributed by atoms with van der Waals surface area (Å²) < 4.78 is 1.88. The highest BCUT2D eigenvalue weighted by Gasteiger charge is 2.21. The Morgan fingerprint density at radius 3 is 2.45 bits per heavy atom. The Kier molecular flexibility index (Phi) is 5.76. The summed E-state index contributed by atoms with van der Waals surface area (Å²) in [5.74, 6) is 0.475. The third kappa shape index (κ3) is 4.56. The molecule has 0 aliphatic carbocycles. The second-order valence-corrected chi connectivity index (χ2v) is 7.29. The second kappa shape index (κ2) is 8.61. The molecule has 4 aromatic rings. The molecule has 0 aliphatic heterocycles. The molecule has 1 atom stereocenters. The van der Waals surface area contributed by atoms with Gasteiger partial charge in [0.1, 0.15) is 6.04 Å². The topological polar surface area (TPSA) is 71.3 Å². The number of fused-ring (bicyclic) bond motifs is 1. The van der Waals surface area contributed by atoms with E-state index in [1.165, 1.54) is 0 Å². The molecule has 0 radical (unpaired) electrons. The molecule has 2 aromatic heterocycles. The Morgan fingerprint density at radius 2 is 1.69 bits per heavy atom. The molecule has 0 saturated heterocycles. The van der Waals surface area contributed by atoms with Crippen molar-refractivity contribution in [3.8, 4) is 0 Å². The SMILES string of the molecule is O=C(Nc1cc(Cl)cc(Cl)c1)[C@@H](NCc1nnc2ccccn12)c1ccccc1. The Hall–Kier alpha value is -2.93.